The normalized spacial score (nSPS) is 17.2. The van der Waals surface area contributed by atoms with Crippen LogP contribution in [-0.4, -0.2) is 54.1 Å². The second-order valence-electron chi connectivity index (χ2n) is 8.65. The van der Waals surface area contributed by atoms with Gasteiger partial charge in [0.05, 0.1) is 12.4 Å². The van der Waals surface area contributed by atoms with Crippen LogP contribution in [-0.2, 0) is 18.2 Å². The van der Waals surface area contributed by atoms with E-state index < -0.39 is 5.60 Å². The molecule has 0 aromatic carbocycles. The predicted octanol–water partition coefficient (Wildman–Crippen LogP) is 2.51. The third-order valence-corrected chi connectivity index (χ3v) is 5.00. The van der Waals surface area contributed by atoms with Gasteiger partial charge in [0.25, 0.3) is 0 Å². The first-order chi connectivity index (χ1) is 13.7. The molecule has 2 N–H and O–H groups in total. The molecule has 4 heterocycles. The standard InChI is InChI=1S/C20H27N7O2/c1-20(2,3)29-19(28)26-6-5-13(11-26)7-15-8-17(21)27-18(24-15)16(10-23-27)14-9-22-25(4)12-14/h8-10,12-13H,5-7,11,21H2,1-4H3. The Morgan fingerprint density at radius 1 is 1.31 bits per heavy atom. The molecule has 1 atom stereocenters. The van der Waals surface area contributed by atoms with Gasteiger partial charge in [0, 0.05) is 49.2 Å². The Hall–Kier alpha value is -3.10. The molecule has 1 aliphatic rings. The van der Waals surface area contributed by atoms with Gasteiger partial charge < -0.3 is 15.4 Å². The van der Waals surface area contributed by atoms with Crippen molar-refractivity contribution in [3.05, 3.63) is 30.4 Å². The van der Waals surface area contributed by atoms with Crippen molar-refractivity contribution in [1.82, 2.24) is 29.3 Å². The number of nitrogen functional groups attached to an aromatic ring is 1. The maximum Gasteiger partial charge on any atom is 0.410 e. The number of hydrogen-bond acceptors (Lipinski definition) is 6. The molecule has 0 spiro atoms. The Kier molecular flexibility index (Phi) is 4.68. The smallest absolute Gasteiger partial charge is 0.410 e. The van der Waals surface area contributed by atoms with E-state index in [0.29, 0.717) is 24.8 Å². The van der Waals surface area contributed by atoms with E-state index in [0.717, 1.165) is 35.3 Å². The number of amides is 1. The van der Waals surface area contributed by atoms with E-state index in [1.54, 1.807) is 26.5 Å². The van der Waals surface area contributed by atoms with Crippen LogP contribution in [0.5, 0.6) is 0 Å². The van der Waals surface area contributed by atoms with Crippen molar-refractivity contribution in [1.29, 1.82) is 0 Å². The summed E-state index contributed by atoms with van der Waals surface area (Å²) in [4.78, 5) is 18.9. The molecule has 0 saturated carbocycles. The second-order valence-corrected chi connectivity index (χ2v) is 8.65. The van der Waals surface area contributed by atoms with Crippen LogP contribution in [0.25, 0.3) is 16.8 Å². The van der Waals surface area contributed by atoms with Crippen LogP contribution in [0.3, 0.4) is 0 Å². The van der Waals surface area contributed by atoms with Crippen molar-refractivity contribution in [2.24, 2.45) is 13.0 Å². The molecule has 9 nitrogen and oxygen atoms in total. The summed E-state index contributed by atoms with van der Waals surface area (Å²) in [6.07, 6.45) is 6.89. The summed E-state index contributed by atoms with van der Waals surface area (Å²) in [6, 6.07) is 1.86. The topological polar surface area (TPSA) is 104 Å². The molecular formula is C20H27N7O2. The molecule has 1 amide bonds. The SMILES string of the molecule is Cn1cc(-c2cnn3c(N)cc(CC4CCN(C(=O)OC(C)(C)C)C4)nc23)cn1. The molecule has 1 aliphatic heterocycles. The minimum absolute atomic E-state index is 0.252. The Balaban J connectivity index is 1.52. The molecule has 3 aromatic rings. The van der Waals surface area contributed by atoms with Gasteiger partial charge in [0.15, 0.2) is 5.65 Å². The maximum atomic E-state index is 12.3. The van der Waals surface area contributed by atoms with Gasteiger partial charge >= 0.3 is 6.09 Å². The molecule has 0 radical (unpaired) electrons. The quantitative estimate of drug-likeness (QED) is 0.728. The van der Waals surface area contributed by atoms with Crippen molar-refractivity contribution in [3.63, 3.8) is 0 Å². The summed E-state index contributed by atoms with van der Waals surface area (Å²) in [5.74, 6) is 0.865. The highest BCUT2D eigenvalue weighted by Crippen LogP contribution is 2.27. The molecule has 9 heteroatoms. The summed E-state index contributed by atoms with van der Waals surface area (Å²) in [6.45, 7) is 7.00. The number of rotatable bonds is 3. The van der Waals surface area contributed by atoms with Gasteiger partial charge in [-0.2, -0.15) is 14.7 Å². The van der Waals surface area contributed by atoms with Crippen molar-refractivity contribution < 1.29 is 9.53 Å². The fourth-order valence-electron chi connectivity index (χ4n) is 3.69. The van der Waals surface area contributed by atoms with E-state index in [4.69, 9.17) is 15.5 Å². The van der Waals surface area contributed by atoms with E-state index in [1.165, 1.54) is 0 Å². The fourth-order valence-corrected chi connectivity index (χ4v) is 3.69. The van der Waals surface area contributed by atoms with Gasteiger partial charge in [-0.05, 0) is 39.5 Å². The average molecular weight is 397 g/mol. The predicted molar refractivity (Wildman–Crippen MR) is 109 cm³/mol. The zero-order chi connectivity index (χ0) is 20.8. The Morgan fingerprint density at radius 2 is 2.10 bits per heavy atom. The van der Waals surface area contributed by atoms with E-state index in [1.807, 2.05) is 40.1 Å². The lowest BCUT2D eigenvalue weighted by molar-refractivity contribution is 0.0288. The second kappa shape index (κ2) is 7.06. The number of aryl methyl sites for hydroxylation is 1. The van der Waals surface area contributed by atoms with Gasteiger partial charge in [-0.3, -0.25) is 4.68 Å². The minimum atomic E-state index is -0.485. The lowest BCUT2D eigenvalue weighted by atomic mass is 10.0. The Labute approximate surface area is 169 Å². The molecule has 0 aliphatic carbocycles. The number of ether oxygens (including phenoxy) is 1. The fraction of sp³-hybridized carbons (Fsp3) is 0.500. The molecule has 1 saturated heterocycles. The van der Waals surface area contributed by atoms with Gasteiger partial charge in [0.1, 0.15) is 11.4 Å². The molecule has 0 bridgehead atoms. The van der Waals surface area contributed by atoms with Crippen LogP contribution in [0.1, 0.15) is 32.9 Å². The monoisotopic (exact) mass is 397 g/mol. The largest absolute Gasteiger partial charge is 0.444 e. The van der Waals surface area contributed by atoms with Crippen LogP contribution in [0.15, 0.2) is 24.7 Å². The van der Waals surface area contributed by atoms with E-state index in [-0.39, 0.29) is 6.09 Å². The zero-order valence-electron chi connectivity index (χ0n) is 17.3. The molecule has 3 aromatic heterocycles. The van der Waals surface area contributed by atoms with Gasteiger partial charge in [-0.1, -0.05) is 0 Å². The zero-order valence-corrected chi connectivity index (χ0v) is 17.3. The Morgan fingerprint density at radius 3 is 2.79 bits per heavy atom. The minimum Gasteiger partial charge on any atom is -0.444 e. The number of carbonyl (C=O) groups excluding carboxylic acids is 1. The van der Waals surface area contributed by atoms with Crippen LogP contribution in [0, 0.1) is 5.92 Å². The third-order valence-electron chi connectivity index (χ3n) is 5.00. The molecule has 4 rings (SSSR count). The van der Waals surface area contributed by atoms with Gasteiger partial charge in [0.2, 0.25) is 0 Å². The van der Waals surface area contributed by atoms with Gasteiger partial charge in [-0.15, -0.1) is 0 Å². The summed E-state index contributed by atoms with van der Waals surface area (Å²) in [7, 11) is 1.87. The lowest BCUT2D eigenvalue weighted by Crippen LogP contribution is -2.35. The number of anilines is 1. The number of carbonyl (C=O) groups is 1. The van der Waals surface area contributed by atoms with Gasteiger partial charge in [-0.25, -0.2) is 9.78 Å². The number of nitrogens with zero attached hydrogens (tertiary/aromatic N) is 6. The van der Waals surface area contributed by atoms with Crippen LogP contribution in [0.4, 0.5) is 10.6 Å². The molecule has 29 heavy (non-hydrogen) atoms. The first-order valence-corrected chi connectivity index (χ1v) is 9.80. The van der Waals surface area contributed by atoms with Crippen LogP contribution >= 0.6 is 0 Å². The summed E-state index contributed by atoms with van der Waals surface area (Å²) in [5.41, 5.74) is 9.20. The first kappa shape index (κ1) is 19.2. The Bertz CT molecular complexity index is 1050. The summed E-state index contributed by atoms with van der Waals surface area (Å²) in [5, 5.41) is 8.60. The molecule has 1 fully saturated rings. The average Bonchev–Trinajstić information content (AvgIpc) is 3.33. The highest BCUT2D eigenvalue weighted by atomic mass is 16.6. The van der Waals surface area contributed by atoms with E-state index in [9.17, 15) is 4.79 Å². The highest BCUT2D eigenvalue weighted by molar-refractivity contribution is 5.77. The molecule has 1 unspecified atom stereocenters. The lowest BCUT2D eigenvalue weighted by Gasteiger charge is -2.24. The number of nitrogens with two attached hydrogens (primary N) is 1. The van der Waals surface area contributed by atoms with Crippen LogP contribution in [0.2, 0.25) is 0 Å². The summed E-state index contributed by atoms with van der Waals surface area (Å²) >= 11 is 0. The number of aromatic nitrogens is 5. The van der Waals surface area contributed by atoms with Crippen LogP contribution < -0.4 is 5.73 Å². The molecular weight excluding hydrogens is 370 g/mol. The number of fused-ring (bicyclic) bond motifs is 1. The summed E-state index contributed by atoms with van der Waals surface area (Å²) < 4.78 is 8.88. The van der Waals surface area contributed by atoms with Crippen molar-refractivity contribution >= 4 is 17.6 Å². The highest BCUT2D eigenvalue weighted by Gasteiger charge is 2.30. The maximum absolute atomic E-state index is 12.3. The van der Waals surface area contributed by atoms with E-state index >= 15 is 0 Å². The number of likely N-dealkylation sites (tertiary alicyclic amines) is 1. The van der Waals surface area contributed by atoms with Crippen molar-refractivity contribution in [3.8, 4) is 11.1 Å². The van der Waals surface area contributed by atoms with E-state index in [2.05, 4.69) is 10.2 Å². The number of hydrogen-bond donors (Lipinski definition) is 1. The van der Waals surface area contributed by atoms with Crippen molar-refractivity contribution in [2.45, 2.75) is 39.2 Å². The first-order valence-electron chi connectivity index (χ1n) is 9.80. The third kappa shape index (κ3) is 4.03. The molecule has 154 valence electrons. The van der Waals surface area contributed by atoms with Crippen molar-refractivity contribution in [2.75, 3.05) is 18.8 Å².